The molecule has 0 spiro atoms. The number of carbonyl (C=O) groups is 3. The SMILES string of the molecule is CC(=O)c1sc(N2C(=O)C(=O)/C(=C(/O)c3ccc(OCc4cccc(C)c4)cc3)C2c2ccc(Br)cc2)nc1C. The molecule has 1 saturated heterocycles. The van der Waals surface area contributed by atoms with Gasteiger partial charge in [-0.1, -0.05) is 69.2 Å². The molecule has 4 aromatic rings. The zero-order valence-corrected chi connectivity index (χ0v) is 24.4. The Bertz CT molecular complexity index is 1660. The van der Waals surface area contributed by atoms with Crippen LogP contribution in [0.1, 0.15) is 50.6 Å². The van der Waals surface area contributed by atoms with Gasteiger partial charge in [-0.2, -0.15) is 0 Å². The molecule has 1 N–H and O–H groups in total. The van der Waals surface area contributed by atoms with E-state index in [1.54, 1.807) is 55.5 Å². The average molecular weight is 618 g/mol. The smallest absolute Gasteiger partial charge is 0.301 e. The van der Waals surface area contributed by atoms with Crippen LogP contribution in [0.4, 0.5) is 5.13 Å². The number of ketones is 2. The number of hydrogen-bond acceptors (Lipinski definition) is 7. The van der Waals surface area contributed by atoms with Crippen molar-refractivity contribution in [2.24, 2.45) is 0 Å². The van der Waals surface area contributed by atoms with Crippen molar-refractivity contribution in [1.82, 2.24) is 4.98 Å². The summed E-state index contributed by atoms with van der Waals surface area (Å²) in [5, 5.41) is 11.6. The molecule has 0 radical (unpaired) electrons. The molecular weight excluding hydrogens is 592 g/mol. The summed E-state index contributed by atoms with van der Waals surface area (Å²) < 4.78 is 6.71. The Morgan fingerprint density at radius 3 is 2.38 bits per heavy atom. The fraction of sp³-hybridized carbons (Fsp3) is 0.161. The Morgan fingerprint density at radius 1 is 1.05 bits per heavy atom. The molecule has 1 aromatic heterocycles. The lowest BCUT2D eigenvalue weighted by atomic mass is 9.95. The quantitative estimate of drug-likeness (QED) is 0.105. The van der Waals surface area contributed by atoms with E-state index in [0.29, 0.717) is 34.1 Å². The van der Waals surface area contributed by atoms with Gasteiger partial charge < -0.3 is 9.84 Å². The van der Waals surface area contributed by atoms with Crippen LogP contribution in [0.15, 0.2) is 82.8 Å². The van der Waals surface area contributed by atoms with E-state index < -0.39 is 17.7 Å². The third kappa shape index (κ3) is 5.35. The largest absolute Gasteiger partial charge is 0.507 e. The molecule has 40 heavy (non-hydrogen) atoms. The monoisotopic (exact) mass is 616 g/mol. The van der Waals surface area contributed by atoms with Crippen molar-refractivity contribution in [3.05, 3.63) is 116 Å². The van der Waals surface area contributed by atoms with Crippen LogP contribution in [0.2, 0.25) is 0 Å². The first kappa shape index (κ1) is 27.5. The number of benzene rings is 3. The molecule has 5 rings (SSSR count). The van der Waals surface area contributed by atoms with Gasteiger partial charge >= 0.3 is 5.91 Å². The number of rotatable bonds is 7. The van der Waals surface area contributed by atoms with Crippen molar-refractivity contribution in [3.8, 4) is 5.75 Å². The van der Waals surface area contributed by atoms with Gasteiger partial charge in [0.15, 0.2) is 10.9 Å². The summed E-state index contributed by atoms with van der Waals surface area (Å²) in [7, 11) is 0. The molecule has 1 atom stereocenters. The van der Waals surface area contributed by atoms with Crippen LogP contribution in [-0.2, 0) is 16.2 Å². The van der Waals surface area contributed by atoms with E-state index in [0.717, 1.165) is 26.9 Å². The first-order valence-corrected chi connectivity index (χ1v) is 14.1. The van der Waals surface area contributed by atoms with E-state index >= 15 is 0 Å². The van der Waals surface area contributed by atoms with Crippen LogP contribution < -0.4 is 9.64 Å². The summed E-state index contributed by atoms with van der Waals surface area (Å²) in [6.45, 7) is 5.52. The highest BCUT2D eigenvalue weighted by molar-refractivity contribution is 9.10. The van der Waals surface area contributed by atoms with Gasteiger partial charge in [-0.25, -0.2) is 4.98 Å². The predicted octanol–water partition coefficient (Wildman–Crippen LogP) is 6.93. The number of nitrogens with zero attached hydrogens (tertiary/aromatic N) is 2. The lowest BCUT2D eigenvalue weighted by Crippen LogP contribution is -2.29. The lowest BCUT2D eigenvalue weighted by molar-refractivity contribution is -0.132. The zero-order valence-electron chi connectivity index (χ0n) is 22.0. The number of anilines is 1. The maximum absolute atomic E-state index is 13.4. The van der Waals surface area contributed by atoms with Gasteiger partial charge in [-0.3, -0.25) is 19.3 Å². The Hall–Kier alpha value is -4.08. The maximum atomic E-state index is 13.4. The minimum Gasteiger partial charge on any atom is -0.507 e. The fourth-order valence-corrected chi connectivity index (χ4v) is 5.89. The molecule has 0 saturated carbocycles. The third-order valence-corrected chi connectivity index (χ3v) is 8.34. The lowest BCUT2D eigenvalue weighted by Gasteiger charge is -2.23. The van der Waals surface area contributed by atoms with E-state index in [4.69, 9.17) is 4.74 Å². The Balaban J connectivity index is 1.52. The number of amides is 1. The average Bonchev–Trinajstić information content (AvgIpc) is 3.44. The second kappa shape index (κ2) is 11.2. The predicted molar refractivity (Wildman–Crippen MR) is 158 cm³/mol. The summed E-state index contributed by atoms with van der Waals surface area (Å²) in [6.07, 6.45) is 0. The molecule has 0 aliphatic carbocycles. The second-order valence-corrected chi connectivity index (χ2v) is 11.4. The van der Waals surface area contributed by atoms with Crippen molar-refractivity contribution in [1.29, 1.82) is 0 Å². The second-order valence-electron chi connectivity index (χ2n) is 9.49. The molecule has 1 unspecified atom stereocenters. The number of aliphatic hydroxyl groups is 1. The normalized spacial score (nSPS) is 16.4. The number of hydrogen-bond donors (Lipinski definition) is 1. The zero-order chi connectivity index (χ0) is 28.6. The molecule has 9 heteroatoms. The number of aromatic nitrogens is 1. The summed E-state index contributed by atoms with van der Waals surface area (Å²) in [6, 6.07) is 20.9. The van der Waals surface area contributed by atoms with Gasteiger partial charge in [-0.05, 0) is 61.4 Å². The molecule has 7 nitrogen and oxygen atoms in total. The van der Waals surface area contributed by atoms with E-state index in [1.807, 2.05) is 31.2 Å². The number of ether oxygens (including phenoxy) is 1. The Labute approximate surface area is 243 Å². The molecule has 202 valence electrons. The van der Waals surface area contributed by atoms with Gasteiger partial charge in [0.25, 0.3) is 5.78 Å². The van der Waals surface area contributed by atoms with Crippen LogP contribution in [0, 0.1) is 13.8 Å². The van der Waals surface area contributed by atoms with Crippen molar-refractivity contribution in [2.45, 2.75) is 33.4 Å². The highest BCUT2D eigenvalue weighted by Crippen LogP contribution is 2.44. The number of thiazole rings is 1. The van der Waals surface area contributed by atoms with Gasteiger partial charge in [0.05, 0.1) is 22.2 Å². The first-order chi connectivity index (χ1) is 19.1. The van der Waals surface area contributed by atoms with E-state index in [1.165, 1.54) is 11.8 Å². The Kier molecular flexibility index (Phi) is 7.69. The topological polar surface area (TPSA) is 96.8 Å². The van der Waals surface area contributed by atoms with Crippen molar-refractivity contribution in [2.75, 3.05) is 4.90 Å². The van der Waals surface area contributed by atoms with Gasteiger partial charge in [0, 0.05) is 17.0 Å². The molecule has 3 aromatic carbocycles. The Morgan fingerprint density at radius 2 is 1.75 bits per heavy atom. The highest BCUT2D eigenvalue weighted by atomic mass is 79.9. The van der Waals surface area contributed by atoms with Gasteiger partial charge in [0.2, 0.25) is 0 Å². The summed E-state index contributed by atoms with van der Waals surface area (Å²) >= 11 is 4.47. The van der Waals surface area contributed by atoms with Crippen LogP contribution in [0.3, 0.4) is 0 Å². The third-order valence-electron chi connectivity index (χ3n) is 6.56. The number of carbonyl (C=O) groups excluding carboxylic acids is 3. The first-order valence-electron chi connectivity index (χ1n) is 12.5. The highest BCUT2D eigenvalue weighted by Gasteiger charge is 2.48. The molecule has 1 aliphatic rings. The molecule has 1 aliphatic heterocycles. The molecule has 1 amide bonds. The summed E-state index contributed by atoms with van der Waals surface area (Å²) in [5.41, 5.74) is 3.57. The molecule has 0 bridgehead atoms. The van der Waals surface area contributed by atoms with Gasteiger partial charge in [-0.15, -0.1) is 0 Å². The van der Waals surface area contributed by atoms with Crippen molar-refractivity contribution >= 4 is 55.6 Å². The number of Topliss-reactive ketones (excluding diaryl/α,β-unsaturated/α-hetero) is 2. The summed E-state index contributed by atoms with van der Waals surface area (Å²) in [4.78, 5) is 45.0. The number of aryl methyl sites for hydroxylation is 2. The fourth-order valence-electron chi connectivity index (χ4n) is 4.64. The minimum atomic E-state index is -0.935. The van der Waals surface area contributed by atoms with Crippen LogP contribution in [0.5, 0.6) is 5.75 Å². The van der Waals surface area contributed by atoms with Gasteiger partial charge in [0.1, 0.15) is 18.1 Å². The number of aliphatic hydroxyl groups excluding tert-OH is 1. The standard InChI is InChI=1S/C31H25BrN2O5S/c1-17-5-4-6-20(15-17)16-39-24-13-9-22(10-14-24)27(36)25-26(21-7-11-23(32)12-8-21)34(30(38)28(25)37)31-33-18(2)29(40-31)19(3)35/h4-15,26,36H,16H2,1-3H3/b27-25+. The van der Waals surface area contributed by atoms with Crippen LogP contribution in [-0.4, -0.2) is 27.6 Å². The maximum Gasteiger partial charge on any atom is 0.301 e. The van der Waals surface area contributed by atoms with E-state index in [9.17, 15) is 19.5 Å². The minimum absolute atomic E-state index is 0.0574. The summed E-state index contributed by atoms with van der Waals surface area (Å²) in [5.74, 6) is -1.54. The van der Waals surface area contributed by atoms with Crippen LogP contribution in [0.25, 0.3) is 5.76 Å². The van der Waals surface area contributed by atoms with Crippen molar-refractivity contribution < 1.29 is 24.2 Å². The molecule has 1 fully saturated rings. The van der Waals surface area contributed by atoms with E-state index in [-0.39, 0.29) is 22.2 Å². The molecule has 2 heterocycles. The number of halogens is 1. The van der Waals surface area contributed by atoms with Crippen LogP contribution >= 0.6 is 27.3 Å². The van der Waals surface area contributed by atoms with E-state index in [2.05, 4.69) is 20.9 Å². The molecular formula is C31H25BrN2O5S. The van der Waals surface area contributed by atoms with Crippen molar-refractivity contribution in [3.63, 3.8) is 0 Å².